The first kappa shape index (κ1) is 22.7. The Morgan fingerprint density at radius 2 is 2.07 bits per heavy atom. The van der Waals surface area contributed by atoms with E-state index in [9.17, 15) is 5.11 Å². The van der Waals surface area contributed by atoms with Gasteiger partial charge in [-0.1, -0.05) is 0 Å². The lowest BCUT2D eigenvalue weighted by Gasteiger charge is -2.22. The van der Waals surface area contributed by atoms with Crippen molar-refractivity contribution in [2.24, 2.45) is 4.99 Å². The molecule has 3 rings (SSSR count). The van der Waals surface area contributed by atoms with Gasteiger partial charge in [-0.3, -0.25) is 0 Å². The van der Waals surface area contributed by atoms with Gasteiger partial charge in [0.05, 0.1) is 18.8 Å². The number of imidazole rings is 1. The lowest BCUT2D eigenvalue weighted by molar-refractivity contribution is 0.0378. The summed E-state index contributed by atoms with van der Waals surface area (Å²) in [6.07, 6.45) is 3.91. The van der Waals surface area contributed by atoms with Crippen molar-refractivity contribution in [1.82, 2.24) is 20.0 Å². The number of hydrogen-bond acceptors (Lipinski definition) is 4. The molecular weight excluding hydrogens is 537 g/mol. The first-order chi connectivity index (χ1) is 12.9. The first-order valence-corrected chi connectivity index (χ1v) is 9.61. The van der Waals surface area contributed by atoms with Gasteiger partial charge in [0.25, 0.3) is 0 Å². The van der Waals surface area contributed by atoms with Crippen molar-refractivity contribution in [2.45, 2.75) is 32.9 Å². The van der Waals surface area contributed by atoms with Gasteiger partial charge in [0.2, 0.25) is 0 Å². The van der Waals surface area contributed by atoms with Crippen LogP contribution in [0.15, 0.2) is 50.5 Å². The number of nitrogens with one attached hydrogen (secondary N) is 2. The van der Waals surface area contributed by atoms with Crippen molar-refractivity contribution in [3.63, 3.8) is 0 Å². The summed E-state index contributed by atoms with van der Waals surface area (Å²) >= 11 is 3.46. The van der Waals surface area contributed by atoms with Crippen LogP contribution in [0.4, 0.5) is 0 Å². The Bertz CT molecular complexity index is 951. The minimum absolute atomic E-state index is 0. The van der Waals surface area contributed by atoms with E-state index in [0.29, 0.717) is 24.8 Å². The molecule has 1 atom stereocenters. The van der Waals surface area contributed by atoms with Crippen molar-refractivity contribution in [3.05, 3.63) is 58.3 Å². The summed E-state index contributed by atoms with van der Waals surface area (Å²) in [6, 6.07) is 7.53. The summed E-state index contributed by atoms with van der Waals surface area (Å²) in [5.74, 6) is 1.90. The molecule has 0 spiro atoms. The van der Waals surface area contributed by atoms with Crippen molar-refractivity contribution >= 4 is 51.5 Å². The standard InChI is InChI=1S/C19H24BrN5O2.HI/c1-4-21-18(23-12-19(3,26)16-7-5-13(2)27-16)22-9-15-11-25-10-14(20)6-8-17(25)24-15;/h5-8,10-11,26H,4,9,12H2,1-3H3,(H2,21,22,23);1H. The van der Waals surface area contributed by atoms with Crippen LogP contribution < -0.4 is 10.6 Å². The Morgan fingerprint density at radius 3 is 2.75 bits per heavy atom. The summed E-state index contributed by atoms with van der Waals surface area (Å²) < 4.78 is 8.50. The van der Waals surface area contributed by atoms with Crippen LogP contribution in [0.3, 0.4) is 0 Å². The molecule has 7 nitrogen and oxygen atoms in total. The number of nitrogens with zero attached hydrogens (tertiary/aromatic N) is 3. The molecule has 3 aromatic heterocycles. The predicted molar refractivity (Wildman–Crippen MR) is 124 cm³/mol. The van der Waals surface area contributed by atoms with Gasteiger partial charge < -0.3 is 24.6 Å². The lowest BCUT2D eigenvalue weighted by Crippen LogP contribution is -2.44. The molecule has 3 aromatic rings. The summed E-state index contributed by atoms with van der Waals surface area (Å²) in [5, 5.41) is 17.0. The summed E-state index contributed by atoms with van der Waals surface area (Å²) in [7, 11) is 0. The highest BCUT2D eigenvalue weighted by Gasteiger charge is 2.27. The molecule has 152 valence electrons. The SMILES string of the molecule is CCNC(=NCc1cn2cc(Br)ccc2n1)NCC(C)(O)c1ccc(C)o1.I. The van der Waals surface area contributed by atoms with Crippen LogP contribution >= 0.6 is 39.9 Å². The maximum absolute atomic E-state index is 10.7. The number of halogens is 2. The Kier molecular flexibility index (Phi) is 7.90. The number of aliphatic imine (C=N–C) groups is 1. The van der Waals surface area contributed by atoms with Gasteiger partial charge in [0.1, 0.15) is 22.8 Å². The first-order valence-electron chi connectivity index (χ1n) is 8.82. The fourth-order valence-electron chi connectivity index (χ4n) is 2.66. The third-order valence-corrected chi connectivity index (χ3v) is 4.55. The number of hydrogen-bond donors (Lipinski definition) is 3. The van der Waals surface area contributed by atoms with E-state index in [1.54, 1.807) is 13.0 Å². The monoisotopic (exact) mass is 561 g/mol. The van der Waals surface area contributed by atoms with Gasteiger partial charge >= 0.3 is 0 Å². The van der Waals surface area contributed by atoms with Crippen molar-refractivity contribution in [3.8, 4) is 0 Å². The molecule has 0 aliphatic rings. The van der Waals surface area contributed by atoms with Crippen LogP contribution in [0.25, 0.3) is 5.65 Å². The summed E-state index contributed by atoms with van der Waals surface area (Å²) in [6.45, 7) is 6.97. The average molecular weight is 562 g/mol. The Labute approximate surface area is 189 Å². The van der Waals surface area contributed by atoms with E-state index in [2.05, 4.69) is 36.5 Å². The number of fused-ring (bicyclic) bond motifs is 1. The van der Waals surface area contributed by atoms with Crippen LogP contribution in [-0.2, 0) is 12.1 Å². The zero-order valence-corrected chi connectivity index (χ0v) is 20.0. The third-order valence-electron chi connectivity index (χ3n) is 4.08. The molecule has 0 amide bonds. The molecule has 0 aliphatic carbocycles. The van der Waals surface area contributed by atoms with Gasteiger partial charge in [-0.15, -0.1) is 24.0 Å². The number of furan rings is 1. The second-order valence-corrected chi connectivity index (χ2v) is 7.49. The normalized spacial score (nSPS) is 13.8. The van der Waals surface area contributed by atoms with Gasteiger partial charge in [-0.2, -0.15) is 0 Å². The van der Waals surface area contributed by atoms with E-state index in [4.69, 9.17) is 4.42 Å². The number of guanidine groups is 1. The zero-order valence-electron chi connectivity index (χ0n) is 16.1. The van der Waals surface area contributed by atoms with Crippen LogP contribution in [0.1, 0.15) is 31.1 Å². The maximum atomic E-state index is 10.7. The van der Waals surface area contributed by atoms with E-state index in [0.717, 1.165) is 21.6 Å². The van der Waals surface area contributed by atoms with Crippen molar-refractivity contribution in [2.75, 3.05) is 13.1 Å². The summed E-state index contributed by atoms with van der Waals surface area (Å²) in [4.78, 5) is 9.13. The highest BCUT2D eigenvalue weighted by molar-refractivity contribution is 14.0. The fourth-order valence-corrected chi connectivity index (χ4v) is 3.01. The Hall–Kier alpha value is -1.59. The second-order valence-electron chi connectivity index (χ2n) is 6.58. The molecule has 0 aliphatic heterocycles. The van der Waals surface area contributed by atoms with E-state index < -0.39 is 5.60 Å². The molecule has 0 fully saturated rings. The van der Waals surface area contributed by atoms with Gasteiger partial charge in [0, 0.05) is 23.4 Å². The van der Waals surface area contributed by atoms with Crippen LogP contribution in [0, 0.1) is 6.92 Å². The highest BCUT2D eigenvalue weighted by atomic mass is 127. The van der Waals surface area contributed by atoms with E-state index in [1.165, 1.54) is 0 Å². The second kappa shape index (κ2) is 9.75. The van der Waals surface area contributed by atoms with Crippen LogP contribution in [0.5, 0.6) is 0 Å². The number of aliphatic hydroxyl groups is 1. The van der Waals surface area contributed by atoms with Gasteiger partial charge in [-0.25, -0.2) is 9.98 Å². The van der Waals surface area contributed by atoms with E-state index in [1.807, 2.05) is 48.8 Å². The number of aryl methyl sites for hydroxylation is 1. The summed E-state index contributed by atoms with van der Waals surface area (Å²) in [5.41, 5.74) is 0.594. The molecule has 0 bridgehead atoms. The Balaban J connectivity index is 0.00000280. The molecule has 9 heteroatoms. The molecule has 0 aromatic carbocycles. The van der Waals surface area contributed by atoms with Crippen molar-refractivity contribution < 1.29 is 9.52 Å². The maximum Gasteiger partial charge on any atom is 0.191 e. The molecule has 28 heavy (non-hydrogen) atoms. The van der Waals surface area contributed by atoms with E-state index >= 15 is 0 Å². The zero-order chi connectivity index (χ0) is 19.4. The van der Waals surface area contributed by atoms with Crippen LogP contribution in [0.2, 0.25) is 0 Å². The van der Waals surface area contributed by atoms with Gasteiger partial charge in [-0.05, 0) is 61.0 Å². The predicted octanol–water partition coefficient (Wildman–Crippen LogP) is 3.58. The number of aromatic nitrogens is 2. The molecule has 0 saturated carbocycles. The Morgan fingerprint density at radius 1 is 1.29 bits per heavy atom. The molecule has 3 heterocycles. The van der Waals surface area contributed by atoms with Crippen LogP contribution in [-0.4, -0.2) is 33.5 Å². The third kappa shape index (κ3) is 5.71. The van der Waals surface area contributed by atoms with Crippen molar-refractivity contribution in [1.29, 1.82) is 0 Å². The quantitative estimate of drug-likeness (QED) is 0.243. The largest absolute Gasteiger partial charge is 0.463 e. The molecule has 1 unspecified atom stereocenters. The highest BCUT2D eigenvalue weighted by Crippen LogP contribution is 2.21. The number of rotatable bonds is 6. The average Bonchev–Trinajstić information content (AvgIpc) is 3.23. The molecular formula is C19H25BrIN5O2. The molecule has 3 N–H and O–H groups in total. The lowest BCUT2D eigenvalue weighted by atomic mass is 10.0. The van der Waals surface area contributed by atoms with E-state index in [-0.39, 0.29) is 30.5 Å². The number of pyridine rings is 1. The molecule has 0 saturated heterocycles. The minimum atomic E-state index is -1.14. The topological polar surface area (TPSA) is 87.1 Å². The fraction of sp³-hybridized carbons (Fsp3) is 0.368. The molecule has 0 radical (unpaired) electrons. The minimum Gasteiger partial charge on any atom is -0.463 e. The smallest absolute Gasteiger partial charge is 0.191 e. The van der Waals surface area contributed by atoms with Gasteiger partial charge in [0.15, 0.2) is 5.96 Å².